The molecule has 3 rings (SSSR count). The second kappa shape index (κ2) is 7.49. The summed E-state index contributed by atoms with van der Waals surface area (Å²) in [5.74, 6) is -0.0354. The zero-order valence-electron chi connectivity index (χ0n) is 12.8. The van der Waals surface area contributed by atoms with Gasteiger partial charge in [0.05, 0.1) is 12.6 Å². The lowest BCUT2D eigenvalue weighted by Gasteiger charge is -2.33. The Balaban J connectivity index is 1.63. The van der Waals surface area contributed by atoms with Crippen LogP contribution in [0.4, 0.5) is 5.69 Å². The summed E-state index contributed by atoms with van der Waals surface area (Å²) in [6.45, 7) is 2.21. The minimum atomic E-state index is -0.0354. The lowest BCUT2D eigenvalue weighted by Crippen LogP contribution is -2.40. The van der Waals surface area contributed by atoms with Gasteiger partial charge in [-0.05, 0) is 48.9 Å². The third-order valence-corrected chi connectivity index (χ3v) is 4.22. The molecule has 1 aromatic rings. The Morgan fingerprint density at radius 3 is 2.87 bits per heavy atom. The number of hydrogen-bond acceptors (Lipinski definition) is 3. The van der Waals surface area contributed by atoms with Gasteiger partial charge in [-0.25, -0.2) is 0 Å². The second-order valence-electron chi connectivity index (χ2n) is 5.63. The summed E-state index contributed by atoms with van der Waals surface area (Å²) in [7, 11) is 0. The fourth-order valence-electron chi connectivity index (χ4n) is 2.83. The molecule has 0 saturated heterocycles. The number of rotatable bonds is 4. The van der Waals surface area contributed by atoms with Gasteiger partial charge in [0.25, 0.3) is 0 Å². The smallest absolute Gasteiger partial charge is 0.243 e. The molecule has 0 spiro atoms. The van der Waals surface area contributed by atoms with Crippen molar-refractivity contribution in [2.45, 2.75) is 12.5 Å². The second-order valence-corrected chi connectivity index (χ2v) is 6.07. The van der Waals surface area contributed by atoms with E-state index < -0.39 is 0 Å². The van der Waals surface area contributed by atoms with Crippen LogP contribution in [-0.2, 0) is 4.79 Å². The van der Waals surface area contributed by atoms with Gasteiger partial charge in [0.1, 0.15) is 0 Å². The van der Waals surface area contributed by atoms with E-state index in [2.05, 4.69) is 27.7 Å². The molecule has 0 aromatic heterocycles. The predicted molar refractivity (Wildman–Crippen MR) is 94.4 cm³/mol. The lowest BCUT2D eigenvalue weighted by molar-refractivity contribution is -0.116. The van der Waals surface area contributed by atoms with E-state index in [0.29, 0.717) is 11.6 Å². The summed E-state index contributed by atoms with van der Waals surface area (Å²) in [5, 5.41) is 6.89. The van der Waals surface area contributed by atoms with Crippen molar-refractivity contribution >= 4 is 23.2 Å². The molecule has 23 heavy (non-hydrogen) atoms. The monoisotopic (exact) mass is 329 g/mol. The molecule has 120 valence electrons. The Kier molecular flexibility index (Phi) is 5.16. The molecular weight excluding hydrogens is 310 g/mol. The Hall–Kier alpha value is -2.04. The van der Waals surface area contributed by atoms with Crippen LogP contribution < -0.4 is 10.6 Å². The van der Waals surface area contributed by atoms with Gasteiger partial charge in [-0.15, -0.1) is 0 Å². The molecule has 1 unspecified atom stereocenters. The first-order valence-corrected chi connectivity index (χ1v) is 8.16. The fraction of sp³-hybridized carbons (Fsp3) is 0.278. The molecular formula is C18H20ClN3O. The van der Waals surface area contributed by atoms with E-state index in [-0.39, 0.29) is 11.9 Å². The number of nitrogens with zero attached hydrogens (tertiary/aromatic N) is 1. The average molecular weight is 330 g/mol. The minimum absolute atomic E-state index is 0.0354. The third kappa shape index (κ3) is 4.24. The number of allylic oxidation sites excluding steroid dienone is 2. The van der Waals surface area contributed by atoms with Crippen LogP contribution in [0.25, 0.3) is 0 Å². The number of carbonyl (C=O) groups excluding carboxylic acids is 1. The minimum Gasteiger partial charge on any atom is -0.358 e. The maximum Gasteiger partial charge on any atom is 0.243 e. The summed E-state index contributed by atoms with van der Waals surface area (Å²) in [5.41, 5.74) is 2.12. The van der Waals surface area contributed by atoms with E-state index in [0.717, 1.165) is 25.2 Å². The Morgan fingerprint density at radius 2 is 2.13 bits per heavy atom. The van der Waals surface area contributed by atoms with E-state index in [1.165, 1.54) is 5.57 Å². The van der Waals surface area contributed by atoms with Gasteiger partial charge in [0.2, 0.25) is 5.91 Å². The van der Waals surface area contributed by atoms with Crippen molar-refractivity contribution in [1.82, 2.24) is 10.2 Å². The van der Waals surface area contributed by atoms with Crippen LogP contribution in [-0.4, -0.2) is 36.5 Å². The SMILES string of the molecule is O=C(CN1C=CC=CC1C1=CCNCC1)Nc1ccc(Cl)cc1. The first-order chi connectivity index (χ1) is 11.2. The molecule has 0 saturated carbocycles. The molecule has 0 fully saturated rings. The van der Waals surface area contributed by atoms with Gasteiger partial charge < -0.3 is 15.5 Å². The van der Waals surface area contributed by atoms with Crippen LogP contribution >= 0.6 is 11.6 Å². The number of anilines is 1. The maximum absolute atomic E-state index is 12.3. The highest BCUT2D eigenvalue weighted by Crippen LogP contribution is 2.21. The van der Waals surface area contributed by atoms with E-state index in [1.807, 2.05) is 18.4 Å². The number of amides is 1. The number of carbonyl (C=O) groups is 1. The van der Waals surface area contributed by atoms with E-state index in [1.54, 1.807) is 24.3 Å². The van der Waals surface area contributed by atoms with Crippen molar-refractivity contribution in [1.29, 1.82) is 0 Å². The average Bonchev–Trinajstić information content (AvgIpc) is 2.58. The van der Waals surface area contributed by atoms with Crippen molar-refractivity contribution in [2.24, 2.45) is 0 Å². The lowest BCUT2D eigenvalue weighted by atomic mass is 9.98. The third-order valence-electron chi connectivity index (χ3n) is 3.97. The van der Waals surface area contributed by atoms with Crippen LogP contribution in [0.15, 0.2) is 60.3 Å². The van der Waals surface area contributed by atoms with Crippen molar-refractivity contribution in [3.8, 4) is 0 Å². The number of benzene rings is 1. The van der Waals surface area contributed by atoms with Crippen LogP contribution in [0.1, 0.15) is 6.42 Å². The summed E-state index contributed by atoms with van der Waals surface area (Å²) >= 11 is 5.86. The molecule has 0 bridgehead atoms. The van der Waals surface area contributed by atoms with Crippen LogP contribution in [0.2, 0.25) is 5.02 Å². The fourth-order valence-corrected chi connectivity index (χ4v) is 2.95. The van der Waals surface area contributed by atoms with E-state index in [4.69, 9.17) is 11.6 Å². The highest BCUT2D eigenvalue weighted by molar-refractivity contribution is 6.30. The summed E-state index contributed by atoms with van der Waals surface area (Å²) in [6.07, 6.45) is 11.4. The van der Waals surface area contributed by atoms with Gasteiger partial charge in [-0.3, -0.25) is 4.79 Å². The number of nitrogens with one attached hydrogen (secondary N) is 2. The molecule has 2 heterocycles. The molecule has 2 aliphatic rings. The normalized spacial score (nSPS) is 20.3. The zero-order chi connectivity index (χ0) is 16.1. The topological polar surface area (TPSA) is 44.4 Å². The van der Waals surface area contributed by atoms with Gasteiger partial charge in [0.15, 0.2) is 0 Å². The molecule has 5 heteroatoms. The standard InChI is InChI=1S/C18H20ClN3O/c19-15-4-6-16(7-5-15)21-18(23)13-22-12-2-1-3-17(22)14-8-10-20-11-9-14/h1-8,12,17,20H,9-11,13H2,(H,21,23). The van der Waals surface area contributed by atoms with Crippen molar-refractivity contribution in [3.05, 3.63) is 65.4 Å². The van der Waals surface area contributed by atoms with Crippen LogP contribution in [0.5, 0.6) is 0 Å². The molecule has 0 radical (unpaired) electrons. The summed E-state index contributed by atoms with van der Waals surface area (Å²) < 4.78 is 0. The van der Waals surface area contributed by atoms with Gasteiger partial charge >= 0.3 is 0 Å². The molecule has 0 aliphatic carbocycles. The van der Waals surface area contributed by atoms with Crippen molar-refractivity contribution in [3.63, 3.8) is 0 Å². The zero-order valence-corrected chi connectivity index (χ0v) is 13.6. The van der Waals surface area contributed by atoms with Gasteiger partial charge in [0, 0.05) is 23.5 Å². The van der Waals surface area contributed by atoms with Crippen molar-refractivity contribution < 1.29 is 4.79 Å². The molecule has 1 aromatic carbocycles. The van der Waals surface area contributed by atoms with E-state index in [9.17, 15) is 4.79 Å². The molecule has 1 amide bonds. The van der Waals surface area contributed by atoms with Gasteiger partial charge in [-0.1, -0.05) is 29.8 Å². The van der Waals surface area contributed by atoms with Gasteiger partial charge in [-0.2, -0.15) is 0 Å². The molecule has 1 atom stereocenters. The summed E-state index contributed by atoms with van der Waals surface area (Å²) in [4.78, 5) is 14.4. The van der Waals surface area contributed by atoms with Crippen molar-refractivity contribution in [2.75, 3.05) is 25.0 Å². The molecule has 4 nitrogen and oxygen atoms in total. The van der Waals surface area contributed by atoms with Crippen LogP contribution in [0.3, 0.4) is 0 Å². The number of halogens is 1. The maximum atomic E-state index is 12.3. The first kappa shape index (κ1) is 15.8. The first-order valence-electron chi connectivity index (χ1n) is 7.78. The quantitative estimate of drug-likeness (QED) is 0.835. The molecule has 2 N–H and O–H groups in total. The molecule has 2 aliphatic heterocycles. The number of hydrogen-bond donors (Lipinski definition) is 2. The highest BCUT2D eigenvalue weighted by atomic mass is 35.5. The summed E-state index contributed by atoms with van der Waals surface area (Å²) in [6, 6.07) is 7.31. The highest BCUT2D eigenvalue weighted by Gasteiger charge is 2.22. The van der Waals surface area contributed by atoms with Crippen LogP contribution in [0, 0.1) is 0 Å². The Labute approximate surface area is 141 Å². The largest absolute Gasteiger partial charge is 0.358 e. The predicted octanol–water partition coefficient (Wildman–Crippen LogP) is 2.95. The Morgan fingerprint density at radius 1 is 1.30 bits per heavy atom. The Bertz CT molecular complexity index is 649. The van der Waals surface area contributed by atoms with E-state index >= 15 is 0 Å².